The fourth-order valence-electron chi connectivity index (χ4n) is 8.10. The molecule has 3 heterocycles. The van der Waals surface area contributed by atoms with E-state index in [9.17, 15) is 0 Å². The van der Waals surface area contributed by atoms with E-state index in [4.69, 9.17) is 9.97 Å². The Morgan fingerprint density at radius 1 is 0.580 bits per heavy atom. The molecule has 0 spiro atoms. The third-order valence-corrected chi connectivity index (χ3v) is 11.5. The van der Waals surface area contributed by atoms with Crippen LogP contribution < -0.4 is 0 Å². The standard InChI is InChI=1S/C46H29N3S/c1-3-11-28(12-4-1)38-27-42(48-46(47-38)30-13-5-2-6-14-30)49-39-25-31(32-21-23-34-33-17-7-8-20-40(33)50-41(34)26-32)22-24-35(39)44-36-18-9-15-29-16-10-19-37(43(29)36)45(44)49/h1,3-5,7-27H,2,6H2. The van der Waals surface area contributed by atoms with Crippen molar-refractivity contribution in [2.75, 3.05) is 0 Å². The molecule has 2 aliphatic rings. The van der Waals surface area contributed by atoms with Gasteiger partial charge in [-0.25, -0.2) is 9.97 Å². The maximum Gasteiger partial charge on any atom is 0.161 e. The number of nitrogens with zero attached hydrogens (tertiary/aromatic N) is 3. The minimum absolute atomic E-state index is 0.757. The van der Waals surface area contributed by atoms with Crippen LogP contribution in [0.25, 0.3) is 98.0 Å². The van der Waals surface area contributed by atoms with E-state index in [-0.39, 0.29) is 0 Å². The molecule has 11 rings (SSSR count). The smallest absolute Gasteiger partial charge is 0.161 e. The van der Waals surface area contributed by atoms with E-state index in [0.717, 1.165) is 46.8 Å². The molecule has 0 saturated heterocycles. The van der Waals surface area contributed by atoms with Crippen molar-refractivity contribution in [1.82, 2.24) is 14.5 Å². The van der Waals surface area contributed by atoms with Crippen LogP contribution in [-0.4, -0.2) is 14.5 Å². The van der Waals surface area contributed by atoms with Crippen LogP contribution in [0.4, 0.5) is 0 Å². The predicted octanol–water partition coefficient (Wildman–Crippen LogP) is 12.7. The lowest BCUT2D eigenvalue weighted by Crippen LogP contribution is -2.05. The van der Waals surface area contributed by atoms with Crippen molar-refractivity contribution in [2.45, 2.75) is 12.8 Å². The average molecular weight is 656 g/mol. The molecule has 0 amide bonds. The Balaban J connectivity index is 1.21. The number of thiophene rings is 1. The molecule has 0 unspecified atom stereocenters. The lowest BCUT2D eigenvalue weighted by atomic mass is 9.99. The lowest BCUT2D eigenvalue weighted by Gasteiger charge is -2.15. The fraction of sp³-hybridized carbons (Fsp3) is 0.0435. The maximum atomic E-state index is 5.38. The second-order valence-electron chi connectivity index (χ2n) is 13.2. The highest BCUT2D eigenvalue weighted by molar-refractivity contribution is 7.25. The van der Waals surface area contributed by atoms with E-state index >= 15 is 0 Å². The minimum atomic E-state index is 0.757. The van der Waals surface area contributed by atoms with Gasteiger partial charge in [0.1, 0.15) is 5.82 Å². The molecule has 0 fully saturated rings. The number of benzene rings is 6. The van der Waals surface area contributed by atoms with Crippen LogP contribution >= 0.6 is 11.3 Å². The molecule has 0 saturated carbocycles. The molecule has 6 aromatic carbocycles. The SMILES string of the molecule is C1=CC(c2nc(-c3ccccc3)cc(-n3c4c(c5ccc(-c6ccc7c(c6)sc6ccccc67)cc53)-c3cccc5cccc-4c35)n2)=CCC1. The zero-order valence-corrected chi connectivity index (χ0v) is 27.9. The zero-order chi connectivity index (χ0) is 32.8. The van der Waals surface area contributed by atoms with Crippen molar-refractivity contribution in [3.63, 3.8) is 0 Å². The van der Waals surface area contributed by atoms with E-state index < -0.39 is 0 Å². The van der Waals surface area contributed by atoms with Gasteiger partial charge in [0.2, 0.25) is 0 Å². The largest absolute Gasteiger partial charge is 0.293 e. The number of rotatable bonds is 4. The van der Waals surface area contributed by atoms with E-state index in [1.165, 1.54) is 69.8 Å². The van der Waals surface area contributed by atoms with Crippen LogP contribution in [0.3, 0.4) is 0 Å². The average Bonchev–Trinajstić information content (AvgIpc) is 3.83. The van der Waals surface area contributed by atoms with Crippen LogP contribution in [0, 0.1) is 0 Å². The second kappa shape index (κ2) is 10.7. The van der Waals surface area contributed by atoms with Gasteiger partial charge in [-0.15, -0.1) is 11.3 Å². The quantitative estimate of drug-likeness (QED) is 0.189. The third-order valence-electron chi connectivity index (χ3n) is 10.4. The van der Waals surface area contributed by atoms with Gasteiger partial charge in [-0.3, -0.25) is 4.57 Å². The summed E-state index contributed by atoms with van der Waals surface area (Å²) in [4.78, 5) is 10.5. The molecule has 9 aromatic rings. The first-order chi connectivity index (χ1) is 24.8. The van der Waals surface area contributed by atoms with Gasteiger partial charge >= 0.3 is 0 Å². The zero-order valence-electron chi connectivity index (χ0n) is 27.1. The molecule has 0 aliphatic heterocycles. The predicted molar refractivity (Wildman–Crippen MR) is 211 cm³/mol. The van der Waals surface area contributed by atoms with E-state index in [2.05, 4.69) is 156 Å². The van der Waals surface area contributed by atoms with Crippen LogP contribution in [0.5, 0.6) is 0 Å². The summed E-state index contributed by atoms with van der Waals surface area (Å²) in [5, 5.41) is 6.44. The normalized spacial score (nSPS) is 13.5. The van der Waals surface area contributed by atoms with Crippen LogP contribution in [0.15, 0.2) is 152 Å². The molecule has 3 aromatic heterocycles. The van der Waals surface area contributed by atoms with Gasteiger partial charge in [-0.1, -0.05) is 127 Å². The topological polar surface area (TPSA) is 30.7 Å². The molecule has 0 bridgehead atoms. The Morgan fingerprint density at radius 2 is 1.36 bits per heavy atom. The van der Waals surface area contributed by atoms with Gasteiger partial charge in [0.05, 0.1) is 16.9 Å². The first-order valence-corrected chi connectivity index (χ1v) is 18.0. The van der Waals surface area contributed by atoms with Crippen LogP contribution in [0.1, 0.15) is 18.7 Å². The number of hydrogen-bond acceptors (Lipinski definition) is 3. The summed E-state index contributed by atoms with van der Waals surface area (Å²) in [5.74, 6) is 1.63. The lowest BCUT2D eigenvalue weighted by molar-refractivity contribution is 0.990. The highest BCUT2D eigenvalue weighted by atomic mass is 32.1. The molecule has 50 heavy (non-hydrogen) atoms. The number of aromatic nitrogens is 3. The van der Waals surface area contributed by atoms with Crippen LogP contribution in [0.2, 0.25) is 0 Å². The molecule has 0 N–H and O–H groups in total. The summed E-state index contributed by atoms with van der Waals surface area (Å²) in [7, 11) is 0. The van der Waals surface area contributed by atoms with Gasteiger partial charge in [-0.05, 0) is 58.5 Å². The first-order valence-electron chi connectivity index (χ1n) is 17.2. The molecule has 4 heteroatoms. The Labute approximate surface area is 293 Å². The molecule has 3 nitrogen and oxygen atoms in total. The highest BCUT2D eigenvalue weighted by Gasteiger charge is 2.30. The molecule has 2 aliphatic carbocycles. The number of hydrogen-bond donors (Lipinski definition) is 0. The highest BCUT2D eigenvalue weighted by Crippen LogP contribution is 2.53. The molecule has 0 radical (unpaired) electrons. The summed E-state index contributed by atoms with van der Waals surface area (Å²) in [6.07, 6.45) is 8.71. The number of fused-ring (bicyclic) bond motifs is 8. The molecule has 234 valence electrons. The summed E-state index contributed by atoms with van der Waals surface area (Å²) in [5.41, 5.74) is 11.6. The van der Waals surface area contributed by atoms with Gasteiger partial charge in [0, 0.05) is 53.9 Å². The maximum absolute atomic E-state index is 5.38. The summed E-state index contributed by atoms with van der Waals surface area (Å²) >= 11 is 1.86. The second-order valence-corrected chi connectivity index (χ2v) is 14.3. The Hall–Kier alpha value is -6.10. The molecular weight excluding hydrogens is 627 g/mol. The minimum Gasteiger partial charge on any atom is -0.293 e. The van der Waals surface area contributed by atoms with Crippen molar-refractivity contribution in [2.24, 2.45) is 0 Å². The fourth-order valence-corrected chi connectivity index (χ4v) is 9.24. The Kier molecular flexibility index (Phi) is 5.95. The summed E-state index contributed by atoms with van der Waals surface area (Å²) < 4.78 is 5.04. The van der Waals surface area contributed by atoms with Crippen molar-refractivity contribution in [3.05, 3.63) is 158 Å². The van der Waals surface area contributed by atoms with Gasteiger partial charge < -0.3 is 0 Å². The molecular formula is C46H29N3S. The summed E-state index contributed by atoms with van der Waals surface area (Å²) in [6.45, 7) is 0. The van der Waals surface area contributed by atoms with Gasteiger partial charge in [0.15, 0.2) is 5.82 Å². The van der Waals surface area contributed by atoms with Crippen molar-refractivity contribution < 1.29 is 0 Å². The van der Waals surface area contributed by atoms with Gasteiger partial charge in [-0.2, -0.15) is 0 Å². The third kappa shape index (κ3) is 4.09. The summed E-state index contributed by atoms with van der Waals surface area (Å²) in [6, 6.07) is 48.6. The van der Waals surface area contributed by atoms with Crippen molar-refractivity contribution in [1.29, 1.82) is 0 Å². The van der Waals surface area contributed by atoms with Gasteiger partial charge in [0.25, 0.3) is 0 Å². The first kappa shape index (κ1) is 27.8. The van der Waals surface area contributed by atoms with Crippen molar-refractivity contribution in [3.8, 4) is 50.6 Å². The van der Waals surface area contributed by atoms with E-state index in [1.807, 2.05) is 11.3 Å². The van der Waals surface area contributed by atoms with E-state index in [1.54, 1.807) is 0 Å². The number of allylic oxidation sites excluding steroid dienone is 4. The van der Waals surface area contributed by atoms with Crippen LogP contribution in [-0.2, 0) is 0 Å². The Morgan fingerprint density at radius 3 is 2.22 bits per heavy atom. The Bertz CT molecular complexity index is 2920. The van der Waals surface area contributed by atoms with Crippen molar-refractivity contribution >= 4 is 58.8 Å². The van der Waals surface area contributed by atoms with E-state index in [0.29, 0.717) is 0 Å². The monoisotopic (exact) mass is 655 g/mol. The molecule has 0 atom stereocenters.